The molecule has 3 rings (SSSR count). The second kappa shape index (κ2) is 5.80. The lowest BCUT2D eigenvalue weighted by Gasteiger charge is -2.32. The number of nitriles is 1. The van der Waals surface area contributed by atoms with Crippen LogP contribution in [0.25, 0.3) is 0 Å². The third kappa shape index (κ3) is 2.97. The van der Waals surface area contributed by atoms with Gasteiger partial charge in [0.25, 0.3) is 0 Å². The zero-order chi connectivity index (χ0) is 19.5. The lowest BCUT2D eigenvalue weighted by molar-refractivity contribution is 0.00578. The van der Waals surface area contributed by atoms with E-state index < -0.39 is 36.6 Å². The minimum atomic E-state index is -0.662. The zero-order valence-corrected chi connectivity index (χ0v) is 16.8. The molecule has 0 saturated carbocycles. The summed E-state index contributed by atoms with van der Waals surface area (Å²) in [6.45, 7) is 15.9. The highest BCUT2D eigenvalue weighted by Crippen LogP contribution is 2.37. The lowest BCUT2D eigenvalue weighted by atomic mass is 9.72. The Bertz CT molecular complexity index is 739. The van der Waals surface area contributed by atoms with Gasteiger partial charge in [0, 0.05) is 17.1 Å². The summed E-state index contributed by atoms with van der Waals surface area (Å²) in [5.74, 6) is 0. The normalized spacial score (nSPS) is 25.3. The molecule has 6 nitrogen and oxygen atoms in total. The van der Waals surface area contributed by atoms with Gasteiger partial charge in [0.15, 0.2) is 0 Å². The molecule has 2 aliphatic heterocycles. The van der Waals surface area contributed by atoms with Crippen LogP contribution >= 0.6 is 0 Å². The average Bonchev–Trinajstić information content (AvgIpc) is 2.86. The van der Waals surface area contributed by atoms with Crippen LogP contribution in [0.3, 0.4) is 0 Å². The molecule has 0 radical (unpaired) electrons. The smallest absolute Gasteiger partial charge is 0.399 e. The van der Waals surface area contributed by atoms with Crippen molar-refractivity contribution in [2.45, 2.75) is 77.8 Å². The second-order valence-electron chi connectivity index (χ2n) is 8.99. The molecule has 0 atom stereocenters. The fourth-order valence-electron chi connectivity index (χ4n) is 2.85. The highest BCUT2D eigenvalue weighted by molar-refractivity contribution is 6.66. The van der Waals surface area contributed by atoms with E-state index in [4.69, 9.17) is 18.6 Å². The number of pyridine rings is 1. The molecule has 0 amide bonds. The van der Waals surface area contributed by atoms with Gasteiger partial charge in [-0.05, 0) is 55.4 Å². The molecule has 0 aliphatic carbocycles. The maximum atomic E-state index is 9.48. The van der Waals surface area contributed by atoms with E-state index >= 15 is 0 Å². The maximum Gasteiger partial charge on any atom is 0.497 e. The number of hydrogen-bond acceptors (Lipinski definition) is 6. The Hall–Kier alpha value is -1.39. The Morgan fingerprint density at radius 2 is 1.23 bits per heavy atom. The van der Waals surface area contributed by atoms with Crippen LogP contribution in [0, 0.1) is 11.3 Å². The summed E-state index contributed by atoms with van der Waals surface area (Å²) in [5.41, 5.74) is -0.267. The third-order valence-corrected chi connectivity index (χ3v) is 6.08. The predicted octanol–water partition coefficient (Wildman–Crippen LogP) is 1.55. The summed E-state index contributed by atoms with van der Waals surface area (Å²) in [6, 6.07) is 3.97. The van der Waals surface area contributed by atoms with Crippen LogP contribution < -0.4 is 10.9 Å². The van der Waals surface area contributed by atoms with Crippen LogP contribution in [0.15, 0.2) is 12.3 Å². The molecule has 0 unspecified atom stereocenters. The number of nitrogens with zero attached hydrogens (tertiary/aromatic N) is 2. The van der Waals surface area contributed by atoms with Gasteiger partial charge in [-0.1, -0.05) is 6.07 Å². The van der Waals surface area contributed by atoms with Crippen molar-refractivity contribution in [2.75, 3.05) is 0 Å². The van der Waals surface area contributed by atoms with Crippen molar-refractivity contribution < 1.29 is 18.6 Å². The fourth-order valence-corrected chi connectivity index (χ4v) is 2.85. The number of hydrogen-bond donors (Lipinski definition) is 0. The predicted molar refractivity (Wildman–Crippen MR) is 100 cm³/mol. The Balaban J connectivity index is 1.96. The third-order valence-electron chi connectivity index (χ3n) is 6.08. The molecule has 0 bridgehead atoms. The zero-order valence-electron chi connectivity index (χ0n) is 16.8. The van der Waals surface area contributed by atoms with E-state index in [-0.39, 0.29) is 5.69 Å². The second-order valence-corrected chi connectivity index (χ2v) is 8.99. The molecule has 26 heavy (non-hydrogen) atoms. The van der Waals surface area contributed by atoms with Crippen LogP contribution in [-0.4, -0.2) is 41.6 Å². The fraction of sp³-hybridized carbons (Fsp3) is 0.667. The van der Waals surface area contributed by atoms with Gasteiger partial charge < -0.3 is 18.6 Å². The van der Waals surface area contributed by atoms with E-state index in [1.54, 1.807) is 6.20 Å². The van der Waals surface area contributed by atoms with E-state index in [0.717, 1.165) is 5.46 Å². The first kappa shape index (κ1) is 19.4. The van der Waals surface area contributed by atoms with Crippen molar-refractivity contribution in [2.24, 2.45) is 0 Å². The summed E-state index contributed by atoms with van der Waals surface area (Å²) < 4.78 is 24.4. The lowest BCUT2D eigenvalue weighted by Crippen LogP contribution is -2.43. The molecular weight excluding hydrogens is 330 g/mol. The molecule has 0 aromatic carbocycles. The van der Waals surface area contributed by atoms with Crippen molar-refractivity contribution in [3.05, 3.63) is 18.0 Å². The Kier molecular flexibility index (Phi) is 4.32. The molecule has 8 heteroatoms. The number of aromatic nitrogens is 1. The first-order chi connectivity index (χ1) is 11.8. The molecule has 2 saturated heterocycles. The molecule has 138 valence electrons. The van der Waals surface area contributed by atoms with Crippen LogP contribution in [0.4, 0.5) is 0 Å². The van der Waals surface area contributed by atoms with Crippen LogP contribution in [-0.2, 0) is 18.6 Å². The Morgan fingerprint density at radius 3 is 1.65 bits per heavy atom. The summed E-state index contributed by atoms with van der Waals surface area (Å²) in [4.78, 5) is 4.30. The van der Waals surface area contributed by atoms with Gasteiger partial charge in [0.05, 0.1) is 22.4 Å². The molecule has 0 spiro atoms. The highest BCUT2D eigenvalue weighted by Gasteiger charge is 2.54. The molecule has 2 fully saturated rings. The summed E-state index contributed by atoms with van der Waals surface area (Å²) in [6.07, 6.45) is 1.62. The number of rotatable bonds is 2. The monoisotopic (exact) mass is 356 g/mol. The van der Waals surface area contributed by atoms with E-state index in [9.17, 15) is 5.26 Å². The molecule has 2 aliphatic rings. The standard InChI is InChI=1S/C18H26B2N2O4/c1-15(2)16(3,4)24-19(23-15)12-9-13(14(10-21)22-11-12)20-25-17(5,6)18(7,8)26-20/h9,11H,1-8H3. The van der Waals surface area contributed by atoms with Gasteiger partial charge in [-0.25, -0.2) is 4.98 Å². The minimum absolute atomic E-state index is 0.281. The first-order valence-electron chi connectivity index (χ1n) is 8.91. The van der Waals surface area contributed by atoms with Gasteiger partial charge in [0.1, 0.15) is 11.8 Å². The molecule has 3 heterocycles. The largest absolute Gasteiger partial charge is 0.497 e. The van der Waals surface area contributed by atoms with E-state index in [2.05, 4.69) is 11.1 Å². The molecular formula is C18H26B2N2O4. The molecule has 0 N–H and O–H groups in total. The van der Waals surface area contributed by atoms with Crippen molar-refractivity contribution in [1.29, 1.82) is 5.26 Å². The van der Waals surface area contributed by atoms with Crippen LogP contribution in [0.2, 0.25) is 0 Å². The SMILES string of the molecule is CC1(C)OB(c2cnc(C#N)c(B3OC(C)(C)C(C)(C)O3)c2)OC1(C)C. The van der Waals surface area contributed by atoms with E-state index in [0.29, 0.717) is 5.46 Å². The Morgan fingerprint density at radius 1 is 0.808 bits per heavy atom. The topological polar surface area (TPSA) is 73.6 Å². The quantitative estimate of drug-likeness (QED) is 0.749. The summed E-state index contributed by atoms with van der Waals surface area (Å²) in [7, 11) is -1.22. The Labute approximate surface area is 156 Å². The molecule has 1 aromatic rings. The van der Waals surface area contributed by atoms with Crippen LogP contribution in [0.5, 0.6) is 0 Å². The van der Waals surface area contributed by atoms with E-state index in [1.165, 1.54) is 0 Å². The van der Waals surface area contributed by atoms with E-state index in [1.807, 2.05) is 61.5 Å². The van der Waals surface area contributed by atoms with Crippen molar-refractivity contribution in [1.82, 2.24) is 4.98 Å². The van der Waals surface area contributed by atoms with Gasteiger partial charge in [-0.3, -0.25) is 0 Å². The van der Waals surface area contributed by atoms with Crippen molar-refractivity contribution >= 4 is 25.2 Å². The van der Waals surface area contributed by atoms with Gasteiger partial charge in [-0.2, -0.15) is 5.26 Å². The average molecular weight is 356 g/mol. The van der Waals surface area contributed by atoms with Crippen molar-refractivity contribution in [3.8, 4) is 6.07 Å². The van der Waals surface area contributed by atoms with Crippen molar-refractivity contribution in [3.63, 3.8) is 0 Å². The summed E-state index contributed by atoms with van der Waals surface area (Å²) in [5, 5.41) is 9.48. The van der Waals surface area contributed by atoms with Crippen LogP contribution in [0.1, 0.15) is 61.1 Å². The summed E-state index contributed by atoms with van der Waals surface area (Å²) >= 11 is 0. The van der Waals surface area contributed by atoms with Gasteiger partial charge >= 0.3 is 14.2 Å². The maximum absolute atomic E-state index is 9.48. The first-order valence-corrected chi connectivity index (χ1v) is 8.91. The van der Waals surface area contributed by atoms with Gasteiger partial charge in [0.2, 0.25) is 0 Å². The highest BCUT2D eigenvalue weighted by atomic mass is 16.7. The van der Waals surface area contributed by atoms with Gasteiger partial charge in [-0.15, -0.1) is 0 Å². The minimum Gasteiger partial charge on any atom is -0.399 e. The molecule has 1 aromatic heterocycles.